The number of likely N-dealkylation sites (N-methyl/N-ethyl adjacent to an activating group) is 1. The van der Waals surface area contributed by atoms with Crippen LogP contribution in [0.2, 0.25) is 0 Å². The highest BCUT2D eigenvalue weighted by atomic mass is 32.1. The normalized spacial score (nSPS) is 13.2. The van der Waals surface area contributed by atoms with Gasteiger partial charge in [0.2, 0.25) is 0 Å². The summed E-state index contributed by atoms with van der Waals surface area (Å²) < 4.78 is 0. The molecule has 0 saturated heterocycles. The van der Waals surface area contributed by atoms with Crippen molar-refractivity contribution in [3.63, 3.8) is 0 Å². The number of amides is 1. The third-order valence-electron chi connectivity index (χ3n) is 4.79. The van der Waals surface area contributed by atoms with Crippen LogP contribution in [0.5, 0.6) is 0 Å². The van der Waals surface area contributed by atoms with Crippen molar-refractivity contribution in [2.24, 2.45) is 0 Å². The number of thiophene rings is 1. The van der Waals surface area contributed by atoms with E-state index in [4.69, 9.17) is 0 Å². The summed E-state index contributed by atoms with van der Waals surface area (Å²) in [6, 6.07) is 25.0. The lowest BCUT2D eigenvalue weighted by Gasteiger charge is -2.25. The molecule has 0 spiro atoms. The molecular weight excluding hydrogens is 340 g/mol. The summed E-state index contributed by atoms with van der Waals surface area (Å²) in [5.41, 5.74) is 2.38. The summed E-state index contributed by atoms with van der Waals surface area (Å²) in [7, 11) is 1.89. The summed E-state index contributed by atoms with van der Waals surface area (Å²) in [5.74, 6) is 0.138. The van der Waals surface area contributed by atoms with E-state index in [1.54, 1.807) is 11.3 Å². The smallest absolute Gasteiger partial charge is 0.277 e. The van der Waals surface area contributed by atoms with Gasteiger partial charge in [-0.25, -0.2) is 0 Å². The fourth-order valence-electron chi connectivity index (χ4n) is 3.08. The molecule has 1 heterocycles. The molecule has 134 valence electrons. The highest BCUT2D eigenvalue weighted by Crippen LogP contribution is 2.22. The van der Waals surface area contributed by atoms with E-state index in [1.807, 2.05) is 36.2 Å². The largest absolute Gasteiger partial charge is 0.334 e. The van der Waals surface area contributed by atoms with Crippen LogP contribution >= 0.6 is 11.3 Å². The Morgan fingerprint density at radius 1 is 0.962 bits per heavy atom. The molecule has 1 amide bonds. The van der Waals surface area contributed by atoms with Gasteiger partial charge in [-0.3, -0.25) is 4.79 Å². The second kappa shape index (κ2) is 8.79. The number of hydrogen-bond acceptors (Lipinski definition) is 2. The molecule has 1 aromatic heterocycles. The van der Waals surface area contributed by atoms with E-state index < -0.39 is 0 Å². The van der Waals surface area contributed by atoms with Gasteiger partial charge in [-0.15, -0.1) is 11.3 Å². The maximum Gasteiger partial charge on any atom is 0.277 e. The first-order chi connectivity index (χ1) is 12.7. The van der Waals surface area contributed by atoms with Gasteiger partial charge in [-0.2, -0.15) is 0 Å². The minimum Gasteiger partial charge on any atom is -0.334 e. The Labute approximate surface area is 159 Å². The molecule has 0 bridgehead atoms. The van der Waals surface area contributed by atoms with Gasteiger partial charge in [-0.1, -0.05) is 66.7 Å². The average molecular weight is 366 g/mol. The zero-order valence-corrected chi connectivity index (χ0v) is 16.0. The van der Waals surface area contributed by atoms with E-state index in [9.17, 15) is 4.79 Å². The van der Waals surface area contributed by atoms with E-state index in [2.05, 4.69) is 66.2 Å². The Morgan fingerprint density at radius 2 is 1.58 bits per heavy atom. The molecule has 0 aliphatic heterocycles. The van der Waals surface area contributed by atoms with E-state index in [-0.39, 0.29) is 18.0 Å². The number of nitrogens with zero attached hydrogens (tertiary/aromatic N) is 1. The van der Waals surface area contributed by atoms with Crippen LogP contribution in [-0.2, 0) is 4.79 Å². The topological polar surface area (TPSA) is 36.9 Å². The second-order valence-corrected chi connectivity index (χ2v) is 7.41. The van der Waals surface area contributed by atoms with Crippen molar-refractivity contribution in [1.82, 2.24) is 4.90 Å². The molecule has 26 heavy (non-hydrogen) atoms. The molecule has 0 saturated carbocycles. The predicted octanol–water partition coefficient (Wildman–Crippen LogP) is 3.62. The molecule has 3 nitrogen and oxygen atoms in total. The third-order valence-corrected chi connectivity index (χ3v) is 5.75. The molecule has 2 N–H and O–H groups in total. The molecule has 2 aromatic carbocycles. The number of hydrogen-bond donors (Lipinski definition) is 1. The molecule has 2 atom stereocenters. The van der Waals surface area contributed by atoms with Crippen molar-refractivity contribution in [2.75, 3.05) is 13.6 Å². The molecular formula is C22H25N2OS+. The van der Waals surface area contributed by atoms with Crippen molar-refractivity contribution in [3.05, 3.63) is 94.2 Å². The van der Waals surface area contributed by atoms with Crippen molar-refractivity contribution in [3.8, 4) is 0 Å². The highest BCUT2D eigenvalue weighted by Gasteiger charge is 2.23. The van der Waals surface area contributed by atoms with E-state index in [0.717, 1.165) is 5.56 Å². The summed E-state index contributed by atoms with van der Waals surface area (Å²) in [6.45, 7) is 2.49. The Hall–Kier alpha value is -2.43. The lowest BCUT2D eigenvalue weighted by atomic mass is 10.1. The predicted molar refractivity (Wildman–Crippen MR) is 107 cm³/mol. The van der Waals surface area contributed by atoms with Crippen LogP contribution in [0.25, 0.3) is 0 Å². The Balaban J connectivity index is 1.68. The van der Waals surface area contributed by atoms with E-state index in [0.29, 0.717) is 6.54 Å². The zero-order valence-electron chi connectivity index (χ0n) is 15.2. The van der Waals surface area contributed by atoms with E-state index >= 15 is 0 Å². The lowest BCUT2D eigenvalue weighted by Crippen LogP contribution is -2.87. The second-order valence-electron chi connectivity index (χ2n) is 6.43. The monoisotopic (exact) mass is 365 g/mol. The summed E-state index contributed by atoms with van der Waals surface area (Å²) in [5, 5.41) is 4.22. The van der Waals surface area contributed by atoms with Crippen molar-refractivity contribution in [2.45, 2.75) is 19.0 Å². The number of nitrogens with two attached hydrogens (primary N) is 1. The Morgan fingerprint density at radius 3 is 2.15 bits per heavy atom. The number of rotatable bonds is 7. The Bertz CT molecular complexity index is 803. The van der Waals surface area contributed by atoms with Gasteiger partial charge in [0, 0.05) is 12.6 Å². The first kappa shape index (κ1) is 18.4. The molecule has 0 aliphatic carbocycles. The molecule has 0 radical (unpaired) electrons. The fourth-order valence-corrected chi connectivity index (χ4v) is 3.93. The van der Waals surface area contributed by atoms with Crippen molar-refractivity contribution < 1.29 is 10.1 Å². The van der Waals surface area contributed by atoms with Gasteiger partial charge in [0.05, 0.1) is 10.9 Å². The van der Waals surface area contributed by atoms with Gasteiger partial charge >= 0.3 is 0 Å². The molecule has 4 heteroatoms. The van der Waals surface area contributed by atoms with Gasteiger partial charge in [0.15, 0.2) is 6.54 Å². The van der Waals surface area contributed by atoms with Gasteiger partial charge in [-0.05, 0) is 23.9 Å². The summed E-state index contributed by atoms with van der Waals surface area (Å²) in [4.78, 5) is 15.9. The molecule has 3 aromatic rings. The summed E-state index contributed by atoms with van der Waals surface area (Å²) >= 11 is 1.73. The van der Waals surface area contributed by atoms with Crippen LogP contribution in [0.3, 0.4) is 0 Å². The van der Waals surface area contributed by atoms with Crippen LogP contribution in [0.1, 0.15) is 35.0 Å². The number of benzene rings is 2. The third kappa shape index (κ3) is 4.40. The minimum atomic E-state index is 0.0639. The van der Waals surface area contributed by atoms with Gasteiger partial charge < -0.3 is 10.2 Å². The SMILES string of the molecule is C[C@H](c1ccccc1)N(C)C(=O)C[NH2+][C@H](c1ccccc1)c1cccs1. The highest BCUT2D eigenvalue weighted by molar-refractivity contribution is 7.10. The van der Waals surface area contributed by atoms with Crippen LogP contribution in [-0.4, -0.2) is 24.4 Å². The standard InChI is InChI=1S/C22H24N2OS/c1-17(18-10-5-3-6-11-18)24(2)21(25)16-23-22(20-14-9-15-26-20)19-12-7-4-8-13-19/h3-15,17,22-23H,16H2,1-2H3/p+1/t17-,22-/m1/s1. The van der Waals surface area contributed by atoms with Crippen molar-refractivity contribution in [1.29, 1.82) is 0 Å². The van der Waals surface area contributed by atoms with Gasteiger partial charge in [0.25, 0.3) is 5.91 Å². The van der Waals surface area contributed by atoms with Crippen LogP contribution in [0, 0.1) is 0 Å². The maximum absolute atomic E-state index is 12.8. The van der Waals surface area contributed by atoms with Crippen molar-refractivity contribution >= 4 is 17.2 Å². The quantitative estimate of drug-likeness (QED) is 0.682. The number of carbonyl (C=O) groups is 1. The molecule has 0 fully saturated rings. The van der Waals surface area contributed by atoms with Crippen LogP contribution in [0.15, 0.2) is 78.2 Å². The molecule has 3 rings (SSSR count). The fraction of sp³-hybridized carbons (Fsp3) is 0.227. The summed E-state index contributed by atoms with van der Waals surface area (Å²) in [6.07, 6.45) is 0. The number of quaternary nitrogens is 1. The molecule has 0 aliphatic rings. The minimum absolute atomic E-state index is 0.0639. The zero-order chi connectivity index (χ0) is 18.4. The van der Waals surface area contributed by atoms with E-state index in [1.165, 1.54) is 10.4 Å². The average Bonchev–Trinajstić information content (AvgIpc) is 3.23. The van der Waals surface area contributed by atoms with Crippen LogP contribution in [0.4, 0.5) is 0 Å². The first-order valence-electron chi connectivity index (χ1n) is 8.89. The van der Waals surface area contributed by atoms with Crippen LogP contribution < -0.4 is 5.32 Å². The Kier molecular flexibility index (Phi) is 6.21. The lowest BCUT2D eigenvalue weighted by molar-refractivity contribution is -0.676. The molecule has 0 unspecified atom stereocenters. The first-order valence-corrected chi connectivity index (χ1v) is 9.77. The van der Waals surface area contributed by atoms with Gasteiger partial charge in [0.1, 0.15) is 6.04 Å². The number of carbonyl (C=O) groups excluding carboxylic acids is 1. The maximum atomic E-state index is 12.8.